The van der Waals surface area contributed by atoms with Crippen molar-refractivity contribution in [1.29, 1.82) is 0 Å². The second-order valence-electron chi connectivity index (χ2n) is 6.20. The van der Waals surface area contributed by atoms with E-state index in [0.29, 0.717) is 10.7 Å². The number of nitrogens with zero attached hydrogens (tertiary/aromatic N) is 1. The molecule has 3 amide bonds. The summed E-state index contributed by atoms with van der Waals surface area (Å²) in [7, 11) is 0. The Morgan fingerprint density at radius 3 is 2.18 bits per heavy atom. The Balaban J connectivity index is 1.50. The molecule has 0 aliphatic carbocycles. The molecule has 0 bridgehead atoms. The van der Waals surface area contributed by atoms with Crippen LogP contribution in [0.5, 0.6) is 0 Å². The van der Waals surface area contributed by atoms with E-state index in [0.717, 1.165) is 5.56 Å². The Labute approximate surface area is 166 Å². The van der Waals surface area contributed by atoms with Crippen LogP contribution in [0.2, 0.25) is 5.02 Å². The van der Waals surface area contributed by atoms with E-state index in [1.165, 1.54) is 17.0 Å². The predicted octanol–water partition coefficient (Wildman–Crippen LogP) is 2.78. The average Bonchev–Trinajstić information content (AvgIpc) is 3.00. The van der Waals surface area contributed by atoms with Gasteiger partial charge in [0.15, 0.2) is 6.61 Å². The minimum absolute atomic E-state index is 0.177. The normalized spacial score (nSPS) is 13.5. The molecule has 0 unspecified atom stereocenters. The van der Waals surface area contributed by atoms with Crippen molar-refractivity contribution in [3.8, 4) is 0 Å². The zero-order valence-electron chi connectivity index (χ0n) is 14.8. The molecule has 7 nitrogen and oxygen atoms in total. The summed E-state index contributed by atoms with van der Waals surface area (Å²) in [4.78, 5) is 48.4. The van der Waals surface area contributed by atoms with Crippen LogP contribution in [0.15, 0.2) is 48.5 Å². The molecular formula is C20H17ClN2O5. The Morgan fingerprint density at radius 2 is 1.57 bits per heavy atom. The highest BCUT2D eigenvalue weighted by Gasteiger charge is 2.28. The molecule has 1 saturated heterocycles. The molecule has 1 heterocycles. The fourth-order valence-corrected chi connectivity index (χ4v) is 2.80. The van der Waals surface area contributed by atoms with Crippen molar-refractivity contribution < 1.29 is 23.9 Å². The Kier molecular flexibility index (Phi) is 6.06. The van der Waals surface area contributed by atoms with E-state index in [9.17, 15) is 19.2 Å². The third-order valence-corrected chi connectivity index (χ3v) is 4.40. The topological polar surface area (TPSA) is 92.8 Å². The van der Waals surface area contributed by atoms with E-state index < -0.39 is 18.5 Å². The number of hydrogen-bond acceptors (Lipinski definition) is 5. The van der Waals surface area contributed by atoms with E-state index in [1.54, 1.807) is 36.4 Å². The standard InChI is InChI=1S/C20H17ClN2O5/c21-15-5-7-16(8-6-15)22-17(24)12-28-20(27)14-3-1-13(2-4-14)11-23-18(25)9-10-19(23)26/h1-8H,9-12H2,(H,22,24). The molecule has 3 rings (SSSR count). The van der Waals surface area contributed by atoms with Crippen LogP contribution in [-0.4, -0.2) is 35.2 Å². The number of anilines is 1. The number of ether oxygens (including phenoxy) is 1. The van der Waals surface area contributed by atoms with Crippen molar-refractivity contribution in [3.63, 3.8) is 0 Å². The van der Waals surface area contributed by atoms with Gasteiger partial charge in [-0.2, -0.15) is 0 Å². The molecular weight excluding hydrogens is 384 g/mol. The molecule has 1 fully saturated rings. The number of imide groups is 1. The lowest BCUT2D eigenvalue weighted by atomic mass is 10.1. The largest absolute Gasteiger partial charge is 0.452 e. The van der Waals surface area contributed by atoms with Crippen molar-refractivity contribution >= 4 is 41.0 Å². The second kappa shape index (κ2) is 8.67. The van der Waals surface area contributed by atoms with Crippen LogP contribution in [0, 0.1) is 0 Å². The molecule has 1 aliphatic rings. The SMILES string of the molecule is O=C(COC(=O)c1ccc(CN2C(=O)CCC2=O)cc1)Nc1ccc(Cl)cc1. The van der Waals surface area contributed by atoms with E-state index in [1.807, 2.05) is 0 Å². The van der Waals surface area contributed by atoms with Gasteiger partial charge in [0.25, 0.3) is 5.91 Å². The van der Waals surface area contributed by atoms with Gasteiger partial charge in [0.05, 0.1) is 12.1 Å². The van der Waals surface area contributed by atoms with Gasteiger partial charge in [-0.25, -0.2) is 4.79 Å². The van der Waals surface area contributed by atoms with E-state index in [2.05, 4.69) is 5.32 Å². The molecule has 0 radical (unpaired) electrons. The van der Waals surface area contributed by atoms with Gasteiger partial charge in [-0.3, -0.25) is 19.3 Å². The smallest absolute Gasteiger partial charge is 0.338 e. The monoisotopic (exact) mass is 400 g/mol. The summed E-state index contributed by atoms with van der Waals surface area (Å²) in [6, 6.07) is 12.9. The lowest BCUT2D eigenvalue weighted by molar-refractivity contribution is -0.139. The van der Waals surface area contributed by atoms with Crippen molar-refractivity contribution in [3.05, 3.63) is 64.7 Å². The van der Waals surface area contributed by atoms with Gasteiger partial charge in [-0.05, 0) is 42.0 Å². The minimum atomic E-state index is -0.647. The Hall–Kier alpha value is -3.19. The lowest BCUT2D eigenvalue weighted by Crippen LogP contribution is -2.28. The summed E-state index contributed by atoms with van der Waals surface area (Å²) in [6.45, 7) is -0.253. The highest BCUT2D eigenvalue weighted by molar-refractivity contribution is 6.30. The quantitative estimate of drug-likeness (QED) is 0.594. The number of carbonyl (C=O) groups is 4. The number of halogens is 1. The first-order valence-corrected chi connectivity index (χ1v) is 8.95. The fourth-order valence-electron chi connectivity index (χ4n) is 2.67. The summed E-state index contributed by atoms with van der Waals surface area (Å²) < 4.78 is 5.00. The zero-order chi connectivity index (χ0) is 20.1. The molecule has 0 spiro atoms. The van der Waals surface area contributed by atoms with E-state index in [4.69, 9.17) is 16.3 Å². The molecule has 1 N–H and O–H groups in total. The summed E-state index contributed by atoms with van der Waals surface area (Å²) >= 11 is 5.77. The lowest BCUT2D eigenvalue weighted by Gasteiger charge is -2.13. The summed E-state index contributed by atoms with van der Waals surface area (Å²) in [5, 5.41) is 3.14. The van der Waals surface area contributed by atoms with Gasteiger partial charge < -0.3 is 10.1 Å². The Bertz CT molecular complexity index is 893. The molecule has 28 heavy (non-hydrogen) atoms. The first-order valence-electron chi connectivity index (χ1n) is 8.57. The molecule has 8 heteroatoms. The summed E-state index contributed by atoms with van der Waals surface area (Å²) in [5.41, 5.74) is 1.53. The maximum absolute atomic E-state index is 12.1. The number of hydrogen-bond donors (Lipinski definition) is 1. The van der Waals surface area contributed by atoms with Crippen LogP contribution in [0.25, 0.3) is 0 Å². The van der Waals surface area contributed by atoms with Crippen molar-refractivity contribution in [1.82, 2.24) is 4.90 Å². The van der Waals surface area contributed by atoms with E-state index >= 15 is 0 Å². The fraction of sp³-hybridized carbons (Fsp3) is 0.200. The molecule has 0 saturated carbocycles. The van der Waals surface area contributed by atoms with Crippen LogP contribution in [0.4, 0.5) is 5.69 Å². The zero-order valence-corrected chi connectivity index (χ0v) is 15.6. The molecule has 2 aromatic rings. The van der Waals surface area contributed by atoms with Crippen LogP contribution in [0.1, 0.15) is 28.8 Å². The van der Waals surface area contributed by atoms with Crippen molar-refractivity contribution in [2.45, 2.75) is 19.4 Å². The number of rotatable bonds is 6. The number of esters is 1. The average molecular weight is 401 g/mol. The van der Waals surface area contributed by atoms with Crippen LogP contribution in [0.3, 0.4) is 0 Å². The number of carbonyl (C=O) groups excluding carboxylic acids is 4. The predicted molar refractivity (Wildman–Crippen MR) is 102 cm³/mol. The van der Waals surface area contributed by atoms with Gasteiger partial charge in [-0.1, -0.05) is 23.7 Å². The number of nitrogens with one attached hydrogen (secondary N) is 1. The highest BCUT2D eigenvalue weighted by Crippen LogP contribution is 2.17. The third-order valence-electron chi connectivity index (χ3n) is 4.15. The third kappa shape index (κ3) is 4.95. The minimum Gasteiger partial charge on any atom is -0.452 e. The number of benzene rings is 2. The Morgan fingerprint density at radius 1 is 0.964 bits per heavy atom. The molecule has 0 aromatic heterocycles. The first kappa shape index (κ1) is 19.6. The number of likely N-dealkylation sites (tertiary alicyclic amines) is 1. The van der Waals surface area contributed by atoms with Gasteiger partial charge >= 0.3 is 5.97 Å². The van der Waals surface area contributed by atoms with Gasteiger partial charge in [0.2, 0.25) is 11.8 Å². The first-order chi connectivity index (χ1) is 13.4. The summed E-state index contributed by atoms with van der Waals surface area (Å²) in [6.07, 6.45) is 0.475. The molecule has 2 aromatic carbocycles. The molecule has 144 valence electrons. The highest BCUT2D eigenvalue weighted by atomic mass is 35.5. The van der Waals surface area contributed by atoms with Crippen molar-refractivity contribution in [2.24, 2.45) is 0 Å². The van der Waals surface area contributed by atoms with Crippen LogP contribution in [-0.2, 0) is 25.7 Å². The van der Waals surface area contributed by atoms with Gasteiger partial charge in [0.1, 0.15) is 0 Å². The summed E-state index contributed by atoms with van der Waals surface area (Å²) in [5.74, 6) is -1.51. The maximum Gasteiger partial charge on any atom is 0.338 e. The van der Waals surface area contributed by atoms with E-state index in [-0.39, 0.29) is 36.8 Å². The molecule has 0 atom stereocenters. The maximum atomic E-state index is 12.1. The number of amides is 3. The van der Waals surface area contributed by atoms with Crippen molar-refractivity contribution in [2.75, 3.05) is 11.9 Å². The van der Waals surface area contributed by atoms with Gasteiger partial charge in [-0.15, -0.1) is 0 Å². The van der Waals surface area contributed by atoms with Crippen LogP contribution >= 0.6 is 11.6 Å². The van der Waals surface area contributed by atoms with Gasteiger partial charge in [0, 0.05) is 23.6 Å². The second-order valence-corrected chi connectivity index (χ2v) is 6.64. The molecule has 1 aliphatic heterocycles. The van der Waals surface area contributed by atoms with Crippen LogP contribution < -0.4 is 5.32 Å².